The highest BCUT2D eigenvalue weighted by Crippen LogP contribution is 2.24. The molecule has 0 saturated carbocycles. The molecule has 2 N–H and O–H groups in total. The summed E-state index contributed by atoms with van der Waals surface area (Å²) in [6, 6.07) is 11.5. The van der Waals surface area contributed by atoms with Gasteiger partial charge in [-0.25, -0.2) is 9.78 Å². The van der Waals surface area contributed by atoms with E-state index in [1.807, 2.05) is 30.3 Å². The molecular formula is C15H11N3O2. The first kappa shape index (κ1) is 12.1. The third kappa shape index (κ3) is 2.42. The number of anilines is 1. The maximum absolute atomic E-state index is 10.6. The fraction of sp³-hybridized carbons (Fsp3) is 0. The van der Waals surface area contributed by atoms with Crippen molar-refractivity contribution in [3.8, 4) is 11.1 Å². The summed E-state index contributed by atoms with van der Waals surface area (Å²) in [4.78, 5) is 18.7. The number of carboxylic acid groups (broad SMARTS) is 1. The molecule has 1 aromatic carbocycles. The molecule has 0 saturated heterocycles. The summed E-state index contributed by atoms with van der Waals surface area (Å²) in [6.07, 6.45) is 4.03. The van der Waals surface area contributed by atoms with E-state index in [9.17, 15) is 4.79 Å². The van der Waals surface area contributed by atoms with Crippen molar-refractivity contribution in [3.05, 3.63) is 55.0 Å². The number of aromatic nitrogens is 2. The molecule has 2 aromatic heterocycles. The zero-order valence-electron chi connectivity index (χ0n) is 10.4. The molecule has 0 aliphatic carbocycles. The van der Waals surface area contributed by atoms with Crippen LogP contribution in [0.2, 0.25) is 0 Å². The van der Waals surface area contributed by atoms with Gasteiger partial charge in [0.25, 0.3) is 0 Å². The average Bonchev–Trinajstić information content (AvgIpc) is 2.47. The molecule has 0 fully saturated rings. The molecule has 0 aliphatic rings. The van der Waals surface area contributed by atoms with Crippen molar-refractivity contribution in [3.63, 3.8) is 0 Å². The maximum atomic E-state index is 10.6. The molecule has 0 spiro atoms. The van der Waals surface area contributed by atoms with Crippen molar-refractivity contribution in [1.29, 1.82) is 0 Å². The van der Waals surface area contributed by atoms with Crippen LogP contribution in [0.1, 0.15) is 0 Å². The highest BCUT2D eigenvalue weighted by molar-refractivity contribution is 5.90. The van der Waals surface area contributed by atoms with Crippen LogP contribution in [0.15, 0.2) is 55.0 Å². The van der Waals surface area contributed by atoms with Gasteiger partial charge in [-0.3, -0.25) is 10.3 Å². The van der Waals surface area contributed by atoms with E-state index in [2.05, 4.69) is 15.3 Å². The van der Waals surface area contributed by atoms with Crippen LogP contribution in [0.25, 0.3) is 21.9 Å². The smallest absolute Gasteiger partial charge is 0.410 e. The summed E-state index contributed by atoms with van der Waals surface area (Å²) in [5.41, 5.74) is 2.15. The molecule has 0 unspecified atom stereocenters. The lowest BCUT2D eigenvalue weighted by molar-refractivity contribution is 0.209. The van der Waals surface area contributed by atoms with E-state index in [0.29, 0.717) is 5.82 Å². The minimum absolute atomic E-state index is 0.321. The number of rotatable bonds is 2. The molecule has 0 atom stereocenters. The first-order chi connectivity index (χ1) is 9.72. The van der Waals surface area contributed by atoms with Crippen LogP contribution in [0.4, 0.5) is 10.6 Å². The van der Waals surface area contributed by atoms with E-state index in [-0.39, 0.29) is 0 Å². The SMILES string of the molecule is O=C(O)Nc1cc2ccc(-c3ccncc3)cc2cn1. The second kappa shape index (κ2) is 4.97. The Bertz CT molecular complexity index is 772. The highest BCUT2D eigenvalue weighted by atomic mass is 16.4. The summed E-state index contributed by atoms with van der Waals surface area (Å²) in [6.45, 7) is 0. The fourth-order valence-electron chi connectivity index (χ4n) is 2.04. The van der Waals surface area contributed by atoms with Crippen LogP contribution in [-0.2, 0) is 0 Å². The van der Waals surface area contributed by atoms with Gasteiger partial charge >= 0.3 is 6.09 Å². The van der Waals surface area contributed by atoms with Crippen LogP contribution in [0, 0.1) is 0 Å². The highest BCUT2D eigenvalue weighted by Gasteiger charge is 2.03. The number of benzene rings is 1. The zero-order valence-corrected chi connectivity index (χ0v) is 10.4. The topological polar surface area (TPSA) is 75.1 Å². The van der Waals surface area contributed by atoms with E-state index in [1.54, 1.807) is 24.7 Å². The van der Waals surface area contributed by atoms with Crippen molar-refractivity contribution < 1.29 is 9.90 Å². The fourth-order valence-corrected chi connectivity index (χ4v) is 2.04. The number of carbonyl (C=O) groups is 1. The van der Waals surface area contributed by atoms with Crippen molar-refractivity contribution in [1.82, 2.24) is 9.97 Å². The van der Waals surface area contributed by atoms with Crippen molar-refractivity contribution >= 4 is 22.7 Å². The average molecular weight is 265 g/mol. The molecule has 1 amide bonds. The quantitative estimate of drug-likeness (QED) is 0.744. The van der Waals surface area contributed by atoms with E-state index >= 15 is 0 Å². The summed E-state index contributed by atoms with van der Waals surface area (Å²) in [5.74, 6) is 0.321. The standard InChI is InChI=1S/C15H11N3O2/c19-15(20)18-14-8-12-2-1-11(7-13(12)9-17-14)10-3-5-16-6-4-10/h1-9H,(H,17,18)(H,19,20). The molecule has 98 valence electrons. The Kier molecular flexibility index (Phi) is 3.01. The minimum atomic E-state index is -1.12. The van der Waals surface area contributed by atoms with Crippen molar-refractivity contribution in [2.24, 2.45) is 0 Å². The third-order valence-corrected chi connectivity index (χ3v) is 2.97. The molecule has 0 aliphatic heterocycles. The molecule has 5 heteroatoms. The Morgan fingerprint density at radius 2 is 1.80 bits per heavy atom. The number of amides is 1. The number of hydrogen-bond donors (Lipinski definition) is 2. The molecule has 0 bridgehead atoms. The Hall–Kier alpha value is -2.95. The number of nitrogens with one attached hydrogen (secondary N) is 1. The van der Waals surface area contributed by atoms with Gasteiger partial charge in [-0.2, -0.15) is 0 Å². The monoisotopic (exact) mass is 265 g/mol. The molecule has 3 aromatic rings. The predicted octanol–water partition coefficient (Wildman–Crippen LogP) is 3.39. The van der Waals surface area contributed by atoms with Gasteiger partial charge < -0.3 is 5.11 Å². The predicted molar refractivity (Wildman–Crippen MR) is 76.6 cm³/mol. The van der Waals surface area contributed by atoms with Gasteiger partial charge in [0.2, 0.25) is 0 Å². The minimum Gasteiger partial charge on any atom is -0.465 e. The first-order valence-corrected chi connectivity index (χ1v) is 6.02. The van der Waals surface area contributed by atoms with Crippen LogP contribution >= 0.6 is 0 Å². The van der Waals surface area contributed by atoms with E-state index in [1.165, 1.54) is 0 Å². The van der Waals surface area contributed by atoms with Crippen LogP contribution in [0.3, 0.4) is 0 Å². The Balaban J connectivity index is 2.03. The third-order valence-electron chi connectivity index (χ3n) is 2.97. The normalized spacial score (nSPS) is 10.4. The molecule has 2 heterocycles. The largest absolute Gasteiger partial charge is 0.465 e. The Morgan fingerprint density at radius 3 is 2.55 bits per heavy atom. The Labute approximate surface area is 114 Å². The van der Waals surface area contributed by atoms with E-state index in [0.717, 1.165) is 21.9 Å². The summed E-state index contributed by atoms with van der Waals surface area (Å²) in [7, 11) is 0. The lowest BCUT2D eigenvalue weighted by Crippen LogP contribution is -2.08. The molecule has 20 heavy (non-hydrogen) atoms. The maximum Gasteiger partial charge on any atom is 0.410 e. The molecule has 0 radical (unpaired) electrons. The van der Waals surface area contributed by atoms with Gasteiger partial charge in [-0.15, -0.1) is 0 Å². The van der Waals surface area contributed by atoms with Gasteiger partial charge in [-0.05, 0) is 40.8 Å². The van der Waals surface area contributed by atoms with Crippen molar-refractivity contribution in [2.75, 3.05) is 5.32 Å². The van der Waals surface area contributed by atoms with E-state index < -0.39 is 6.09 Å². The number of hydrogen-bond acceptors (Lipinski definition) is 3. The number of pyridine rings is 2. The van der Waals surface area contributed by atoms with E-state index in [4.69, 9.17) is 5.11 Å². The van der Waals surface area contributed by atoms with Gasteiger partial charge in [0.05, 0.1) is 0 Å². The second-order valence-electron chi connectivity index (χ2n) is 4.30. The zero-order chi connectivity index (χ0) is 13.9. The molecular weight excluding hydrogens is 254 g/mol. The lowest BCUT2D eigenvalue weighted by atomic mass is 10.0. The van der Waals surface area contributed by atoms with Gasteiger partial charge in [0.1, 0.15) is 5.82 Å². The van der Waals surface area contributed by atoms with Gasteiger partial charge in [0, 0.05) is 24.0 Å². The lowest BCUT2D eigenvalue weighted by Gasteiger charge is -2.05. The molecule has 5 nitrogen and oxygen atoms in total. The van der Waals surface area contributed by atoms with Crippen molar-refractivity contribution in [2.45, 2.75) is 0 Å². The number of nitrogens with zero attached hydrogens (tertiary/aromatic N) is 2. The van der Waals surface area contributed by atoms with Gasteiger partial charge in [0.15, 0.2) is 0 Å². The summed E-state index contributed by atoms with van der Waals surface area (Å²) >= 11 is 0. The van der Waals surface area contributed by atoms with Gasteiger partial charge in [-0.1, -0.05) is 12.1 Å². The summed E-state index contributed by atoms with van der Waals surface area (Å²) < 4.78 is 0. The van der Waals surface area contributed by atoms with Crippen LogP contribution < -0.4 is 5.32 Å². The molecule has 3 rings (SSSR count). The summed E-state index contributed by atoms with van der Waals surface area (Å²) in [5, 5.41) is 12.8. The van der Waals surface area contributed by atoms with Crippen LogP contribution in [0.5, 0.6) is 0 Å². The first-order valence-electron chi connectivity index (χ1n) is 6.02. The number of fused-ring (bicyclic) bond motifs is 1. The second-order valence-corrected chi connectivity index (χ2v) is 4.30. The van der Waals surface area contributed by atoms with Crippen LogP contribution in [-0.4, -0.2) is 21.2 Å². The Morgan fingerprint density at radius 1 is 1.00 bits per heavy atom.